The fourth-order valence-electron chi connectivity index (χ4n) is 5.03. The van der Waals surface area contributed by atoms with Gasteiger partial charge in [-0.1, -0.05) is 58.0 Å². The van der Waals surface area contributed by atoms with Crippen LogP contribution in [0.5, 0.6) is 0 Å². The number of anilines is 1. The van der Waals surface area contributed by atoms with Crippen molar-refractivity contribution in [2.45, 2.75) is 71.5 Å². The van der Waals surface area contributed by atoms with Crippen LogP contribution in [0.4, 0.5) is 5.95 Å². The van der Waals surface area contributed by atoms with E-state index in [9.17, 15) is 14.4 Å². The maximum atomic E-state index is 13.8. The summed E-state index contributed by atoms with van der Waals surface area (Å²) < 4.78 is 1.78. The fourth-order valence-corrected chi connectivity index (χ4v) is 5.50. The number of benzene rings is 1. The van der Waals surface area contributed by atoms with E-state index in [1.807, 2.05) is 64.3 Å². The molecule has 44 heavy (non-hydrogen) atoms. The molecule has 0 spiro atoms. The van der Waals surface area contributed by atoms with E-state index in [-0.39, 0.29) is 54.2 Å². The van der Waals surface area contributed by atoms with E-state index in [1.165, 1.54) is 0 Å². The minimum atomic E-state index is -0.694. The van der Waals surface area contributed by atoms with Gasteiger partial charge in [-0.15, -0.1) is 0 Å². The zero-order valence-corrected chi connectivity index (χ0v) is 26.9. The average Bonchev–Trinajstić information content (AvgIpc) is 3.42. The molecule has 0 bridgehead atoms. The summed E-state index contributed by atoms with van der Waals surface area (Å²) in [6, 6.07) is 10.1. The number of carbonyl (C=O) groups excluding carboxylic acids is 3. The zero-order valence-electron chi connectivity index (χ0n) is 26.1. The van der Waals surface area contributed by atoms with E-state index in [4.69, 9.17) is 15.8 Å². The maximum absolute atomic E-state index is 13.8. The number of rotatable bonds is 7. The molecule has 3 amide bonds. The van der Waals surface area contributed by atoms with Crippen molar-refractivity contribution in [3.63, 3.8) is 0 Å². The van der Waals surface area contributed by atoms with E-state index in [2.05, 4.69) is 20.6 Å². The number of fused-ring (bicyclic) bond motifs is 1. The molecule has 236 valence electrons. The third-order valence-electron chi connectivity index (χ3n) is 7.51. The van der Waals surface area contributed by atoms with Crippen molar-refractivity contribution in [2.24, 2.45) is 5.92 Å². The second-order valence-electron chi connectivity index (χ2n) is 11.6. The number of nitrogens with two attached hydrogens (primary N) is 1. The molecule has 12 nitrogen and oxygen atoms in total. The van der Waals surface area contributed by atoms with Crippen molar-refractivity contribution in [1.82, 2.24) is 40.3 Å². The Balaban J connectivity index is 1.75. The van der Waals surface area contributed by atoms with E-state index in [0.29, 0.717) is 49.0 Å². The minimum absolute atomic E-state index is 0.0356. The highest BCUT2D eigenvalue weighted by Gasteiger charge is 2.30. The molecule has 0 fully saturated rings. The molecule has 0 saturated carbocycles. The van der Waals surface area contributed by atoms with Gasteiger partial charge < -0.3 is 21.3 Å². The molecule has 13 heteroatoms. The van der Waals surface area contributed by atoms with Crippen LogP contribution in [0.2, 0.25) is 0 Å². The highest BCUT2D eigenvalue weighted by atomic mass is 32.2. The summed E-state index contributed by atoms with van der Waals surface area (Å²) >= 11 is 1.61. The Hall–Kier alpha value is -4.00. The molecule has 4 N–H and O–H groups in total. The van der Waals surface area contributed by atoms with Crippen LogP contribution in [0.1, 0.15) is 80.9 Å². The van der Waals surface area contributed by atoms with Crippen molar-refractivity contribution in [3.05, 3.63) is 53.6 Å². The molecule has 3 aromatic rings. The zero-order chi connectivity index (χ0) is 31.8. The van der Waals surface area contributed by atoms with Gasteiger partial charge >= 0.3 is 0 Å². The van der Waals surface area contributed by atoms with Gasteiger partial charge in [-0.2, -0.15) is 16.9 Å². The van der Waals surface area contributed by atoms with Crippen LogP contribution in [0.15, 0.2) is 36.4 Å². The predicted molar refractivity (Wildman–Crippen MR) is 172 cm³/mol. The second-order valence-corrected chi connectivity index (χ2v) is 12.6. The molecule has 1 aromatic carbocycles. The summed E-state index contributed by atoms with van der Waals surface area (Å²) in [5, 5.41) is 10.9. The highest BCUT2D eigenvalue weighted by Crippen LogP contribution is 2.25. The van der Waals surface area contributed by atoms with Crippen LogP contribution in [-0.4, -0.2) is 78.5 Å². The first-order valence-electron chi connectivity index (χ1n) is 15.1. The Morgan fingerprint density at radius 3 is 2.48 bits per heavy atom. The SMILES string of the molecule is CSCC[C@@H]1NC(=O)CCCN(C(=O)c2cc(C(C)C)nc(N)n2)CCn2nc(-c3ccccc3)nc2[C@@H](C(C)C)NC1=O. The minimum Gasteiger partial charge on any atom is -0.368 e. The van der Waals surface area contributed by atoms with Gasteiger partial charge in [0.1, 0.15) is 11.7 Å². The van der Waals surface area contributed by atoms with Gasteiger partial charge in [-0.05, 0) is 42.8 Å². The molecule has 0 radical (unpaired) electrons. The van der Waals surface area contributed by atoms with Crippen molar-refractivity contribution in [2.75, 3.05) is 30.8 Å². The monoisotopic (exact) mass is 621 g/mol. The lowest BCUT2D eigenvalue weighted by Gasteiger charge is -2.28. The molecule has 3 heterocycles. The summed E-state index contributed by atoms with van der Waals surface area (Å²) in [6.07, 6.45) is 3.02. The molecular formula is C31H43N9O3S. The van der Waals surface area contributed by atoms with Gasteiger partial charge in [0, 0.05) is 30.8 Å². The molecule has 0 saturated heterocycles. The van der Waals surface area contributed by atoms with E-state index >= 15 is 0 Å². The number of nitrogens with zero attached hydrogens (tertiary/aromatic N) is 6. The van der Waals surface area contributed by atoms with Gasteiger partial charge in [0.2, 0.25) is 17.8 Å². The van der Waals surface area contributed by atoms with E-state index in [1.54, 1.807) is 27.4 Å². The van der Waals surface area contributed by atoms with E-state index in [0.717, 1.165) is 5.56 Å². The lowest BCUT2D eigenvalue weighted by molar-refractivity contribution is -0.129. The number of carbonyl (C=O) groups is 3. The summed E-state index contributed by atoms with van der Waals surface area (Å²) in [5.41, 5.74) is 7.71. The number of hydrogen-bond donors (Lipinski definition) is 3. The van der Waals surface area contributed by atoms with Crippen LogP contribution in [0, 0.1) is 5.92 Å². The Morgan fingerprint density at radius 1 is 1.05 bits per heavy atom. The molecule has 0 aliphatic carbocycles. The summed E-state index contributed by atoms with van der Waals surface area (Å²) in [6.45, 7) is 8.87. The van der Waals surface area contributed by atoms with Crippen molar-refractivity contribution < 1.29 is 14.4 Å². The third-order valence-corrected chi connectivity index (χ3v) is 8.16. The van der Waals surface area contributed by atoms with Crippen molar-refractivity contribution in [1.29, 1.82) is 0 Å². The first-order chi connectivity index (χ1) is 21.1. The summed E-state index contributed by atoms with van der Waals surface area (Å²) in [5.74, 6) is 1.10. The summed E-state index contributed by atoms with van der Waals surface area (Å²) in [4.78, 5) is 55.5. The van der Waals surface area contributed by atoms with Crippen molar-refractivity contribution >= 4 is 35.4 Å². The largest absolute Gasteiger partial charge is 0.368 e. The normalized spacial score (nSPS) is 18.5. The molecule has 4 rings (SSSR count). The topological polar surface area (TPSA) is 161 Å². The van der Waals surface area contributed by atoms with Crippen LogP contribution >= 0.6 is 11.8 Å². The number of thioether (sulfide) groups is 1. The molecule has 1 aliphatic rings. The van der Waals surface area contributed by atoms with Gasteiger partial charge in [0.25, 0.3) is 5.91 Å². The van der Waals surface area contributed by atoms with Crippen molar-refractivity contribution in [3.8, 4) is 11.4 Å². The van der Waals surface area contributed by atoms with Crippen LogP contribution in [0.3, 0.4) is 0 Å². The molecular weight excluding hydrogens is 578 g/mol. The smallest absolute Gasteiger partial charge is 0.272 e. The van der Waals surface area contributed by atoms with Gasteiger partial charge in [-0.3, -0.25) is 14.4 Å². The predicted octanol–water partition coefficient (Wildman–Crippen LogP) is 3.43. The Morgan fingerprint density at radius 2 is 1.80 bits per heavy atom. The fraction of sp³-hybridized carbons (Fsp3) is 0.516. The lowest BCUT2D eigenvalue weighted by Crippen LogP contribution is -2.49. The third kappa shape index (κ3) is 8.34. The standard InChI is InChI=1S/C31H43N9O3S/c1-19(2)23-18-24(35-31(32)34-23)30(43)39-14-9-12-25(41)33-22(13-17-44-5)29(42)36-26(20(3)4)28-37-27(38-40(28)16-15-39)21-10-7-6-8-11-21/h6-8,10-11,18-20,22,26H,9,12-17H2,1-5H3,(H,33,41)(H,36,42)(H2,32,34,35)/t22-,26+/m0/s1. The number of nitrogen functional groups attached to an aromatic ring is 1. The summed E-state index contributed by atoms with van der Waals surface area (Å²) in [7, 11) is 0. The maximum Gasteiger partial charge on any atom is 0.272 e. The van der Waals surface area contributed by atoms with Gasteiger partial charge in [-0.25, -0.2) is 19.6 Å². The Labute approximate surface area is 263 Å². The number of hydrogen-bond acceptors (Lipinski definition) is 9. The first-order valence-corrected chi connectivity index (χ1v) is 16.5. The molecule has 1 aliphatic heterocycles. The second kappa shape index (κ2) is 15.1. The van der Waals surface area contributed by atoms with Crippen LogP contribution in [0.25, 0.3) is 11.4 Å². The number of nitrogens with one attached hydrogen (secondary N) is 2. The molecule has 2 atom stereocenters. The first kappa shape index (κ1) is 32.9. The van der Waals surface area contributed by atoms with E-state index < -0.39 is 12.1 Å². The van der Waals surface area contributed by atoms with Crippen LogP contribution in [-0.2, 0) is 16.1 Å². The lowest BCUT2D eigenvalue weighted by atomic mass is 10.0. The highest BCUT2D eigenvalue weighted by molar-refractivity contribution is 7.98. The van der Waals surface area contributed by atoms with Gasteiger partial charge in [0.05, 0.1) is 12.6 Å². The number of amides is 3. The van der Waals surface area contributed by atoms with Gasteiger partial charge in [0.15, 0.2) is 11.6 Å². The quantitative estimate of drug-likeness (QED) is 0.359. The average molecular weight is 622 g/mol. The Kier molecular flexibility index (Phi) is 11.3. The molecule has 2 aromatic heterocycles. The Bertz CT molecular complexity index is 1440. The van der Waals surface area contributed by atoms with Crippen LogP contribution < -0.4 is 16.4 Å². The molecule has 0 unspecified atom stereocenters. The number of aromatic nitrogens is 5.